The van der Waals surface area contributed by atoms with Crippen molar-refractivity contribution in [2.75, 3.05) is 32.8 Å². The van der Waals surface area contributed by atoms with Crippen molar-refractivity contribution in [3.8, 4) is 0 Å². The van der Waals surface area contributed by atoms with Crippen LogP contribution in [-0.4, -0.2) is 37.7 Å². The second-order valence-corrected chi connectivity index (χ2v) is 9.55. The Morgan fingerprint density at radius 3 is 2.85 bits per heavy atom. The van der Waals surface area contributed by atoms with E-state index in [9.17, 15) is 0 Å². The molecule has 0 unspecified atom stereocenters. The molecule has 1 fully saturated rings. The van der Waals surface area contributed by atoms with Crippen LogP contribution in [-0.2, 0) is 4.74 Å². The molecule has 2 aliphatic carbocycles. The van der Waals surface area contributed by atoms with E-state index in [1.165, 1.54) is 62.9 Å². The Labute approximate surface area is 170 Å². The first-order valence-corrected chi connectivity index (χ1v) is 11.6. The van der Waals surface area contributed by atoms with Gasteiger partial charge in [0.25, 0.3) is 0 Å². The first-order valence-electron chi connectivity index (χ1n) is 9.93. The van der Waals surface area contributed by atoms with Crippen molar-refractivity contribution in [1.82, 2.24) is 4.90 Å². The summed E-state index contributed by atoms with van der Waals surface area (Å²) >= 11 is 3.80. The minimum Gasteiger partial charge on any atom is -0.375 e. The first kappa shape index (κ1) is 17.9. The number of allylic oxidation sites excluding steroid dienone is 10. The molecule has 0 bridgehead atoms. The summed E-state index contributed by atoms with van der Waals surface area (Å²) in [6.07, 6.45) is 18.4. The molecule has 0 amide bonds. The monoisotopic (exact) mass is 395 g/mol. The molecule has 0 atom stereocenters. The fraction of sp³-hybridized carbons (Fsp3) is 0.391. The molecule has 140 valence electrons. The van der Waals surface area contributed by atoms with Gasteiger partial charge in [0.1, 0.15) is 0 Å². The molecule has 3 heterocycles. The van der Waals surface area contributed by atoms with Crippen molar-refractivity contribution >= 4 is 23.5 Å². The van der Waals surface area contributed by atoms with Gasteiger partial charge in [-0.15, -0.1) is 0 Å². The number of likely N-dealkylation sites (tertiary alicyclic amines) is 1. The van der Waals surface area contributed by atoms with Gasteiger partial charge in [-0.25, -0.2) is 0 Å². The Morgan fingerprint density at radius 1 is 1.04 bits per heavy atom. The van der Waals surface area contributed by atoms with E-state index in [0.717, 1.165) is 32.6 Å². The number of nitrogens with zero attached hydrogens (tertiary/aromatic N) is 1. The van der Waals surface area contributed by atoms with Gasteiger partial charge in [0, 0.05) is 27.7 Å². The second-order valence-electron chi connectivity index (χ2n) is 7.49. The average Bonchev–Trinajstić information content (AvgIpc) is 3.30. The lowest BCUT2D eigenvalue weighted by molar-refractivity contribution is 0.132. The van der Waals surface area contributed by atoms with Gasteiger partial charge in [-0.05, 0) is 60.1 Å². The fourth-order valence-corrected chi connectivity index (χ4v) is 6.33. The first-order chi connectivity index (χ1) is 13.4. The highest BCUT2D eigenvalue weighted by Crippen LogP contribution is 2.52. The van der Waals surface area contributed by atoms with Crippen LogP contribution in [0.2, 0.25) is 0 Å². The minimum atomic E-state index is 0.751. The highest BCUT2D eigenvalue weighted by Gasteiger charge is 2.30. The zero-order valence-corrected chi connectivity index (χ0v) is 17.2. The van der Waals surface area contributed by atoms with Crippen molar-refractivity contribution in [3.05, 3.63) is 78.9 Å². The molecule has 3 aliphatic heterocycles. The summed E-state index contributed by atoms with van der Waals surface area (Å²) in [6.45, 7) is 5.17. The predicted molar refractivity (Wildman–Crippen MR) is 117 cm³/mol. The predicted octanol–water partition coefficient (Wildman–Crippen LogP) is 5.71. The number of ether oxygens (including phenoxy) is 1. The highest BCUT2D eigenvalue weighted by molar-refractivity contribution is 8.07. The van der Waals surface area contributed by atoms with E-state index in [0.29, 0.717) is 0 Å². The molecule has 0 saturated carbocycles. The number of thioether (sulfide) groups is 2. The van der Waals surface area contributed by atoms with Crippen molar-refractivity contribution in [2.45, 2.75) is 25.7 Å². The second kappa shape index (κ2) is 8.04. The molecule has 5 aliphatic rings. The lowest BCUT2D eigenvalue weighted by atomic mass is 10.0. The molecule has 2 nitrogen and oxygen atoms in total. The SMILES string of the molecule is C1=CSC2=C3C=CC=C4CC=C(COCCN5CCCC5)SC4=C3CC2=C1. The van der Waals surface area contributed by atoms with E-state index >= 15 is 0 Å². The minimum absolute atomic E-state index is 0.751. The highest BCUT2D eigenvalue weighted by atomic mass is 32.2. The quantitative estimate of drug-likeness (QED) is 0.552. The zero-order chi connectivity index (χ0) is 18.1. The molecule has 0 aromatic rings. The lowest BCUT2D eigenvalue weighted by Crippen LogP contribution is -2.24. The van der Waals surface area contributed by atoms with Gasteiger partial charge in [-0.3, -0.25) is 0 Å². The Morgan fingerprint density at radius 2 is 1.93 bits per heavy atom. The van der Waals surface area contributed by atoms with Crippen LogP contribution >= 0.6 is 23.5 Å². The van der Waals surface area contributed by atoms with Gasteiger partial charge in [-0.1, -0.05) is 60.0 Å². The molecule has 0 N–H and O–H groups in total. The topological polar surface area (TPSA) is 12.5 Å². The van der Waals surface area contributed by atoms with Gasteiger partial charge in [0.2, 0.25) is 0 Å². The number of hydrogen-bond acceptors (Lipinski definition) is 4. The number of fused-ring (bicyclic) bond motifs is 3. The summed E-state index contributed by atoms with van der Waals surface area (Å²) in [6, 6.07) is 0. The van der Waals surface area contributed by atoms with Crippen molar-refractivity contribution in [2.24, 2.45) is 0 Å². The van der Waals surface area contributed by atoms with Crippen LogP contribution in [0.4, 0.5) is 0 Å². The summed E-state index contributed by atoms with van der Waals surface area (Å²) in [5.74, 6) is 0. The maximum atomic E-state index is 6.03. The Kier molecular flexibility index (Phi) is 5.32. The van der Waals surface area contributed by atoms with Crippen LogP contribution in [0, 0.1) is 0 Å². The van der Waals surface area contributed by atoms with E-state index in [4.69, 9.17) is 4.74 Å². The zero-order valence-electron chi connectivity index (χ0n) is 15.6. The molecule has 1 saturated heterocycles. The van der Waals surface area contributed by atoms with Crippen LogP contribution < -0.4 is 0 Å². The largest absolute Gasteiger partial charge is 0.375 e. The van der Waals surface area contributed by atoms with Gasteiger partial charge >= 0.3 is 0 Å². The third kappa shape index (κ3) is 3.73. The van der Waals surface area contributed by atoms with Crippen molar-refractivity contribution in [3.63, 3.8) is 0 Å². The maximum Gasteiger partial charge on any atom is 0.0776 e. The molecule has 5 rings (SSSR count). The average molecular weight is 396 g/mol. The molecule has 0 spiro atoms. The molecule has 0 aromatic heterocycles. The van der Waals surface area contributed by atoms with Gasteiger partial charge < -0.3 is 9.64 Å². The maximum absolute atomic E-state index is 6.03. The number of rotatable bonds is 5. The third-order valence-electron chi connectivity index (χ3n) is 5.69. The van der Waals surface area contributed by atoms with Gasteiger partial charge in [0.15, 0.2) is 0 Å². The Bertz CT molecular complexity index is 848. The van der Waals surface area contributed by atoms with E-state index in [1.54, 1.807) is 0 Å². The van der Waals surface area contributed by atoms with Gasteiger partial charge in [0.05, 0.1) is 13.2 Å². The standard InChI is InChI=1S/C23H25NOS2/c1-2-11-24(10-1)12-13-25-16-19-9-8-17-5-3-7-20-21(23(17)27-19)15-18-6-4-14-26-22(18)20/h3-7,9,14H,1-2,8,10-13,15-16H2. The summed E-state index contributed by atoms with van der Waals surface area (Å²) < 4.78 is 6.03. The van der Waals surface area contributed by atoms with E-state index in [2.05, 4.69) is 46.8 Å². The molecule has 4 heteroatoms. The Hall–Kier alpha value is -1.20. The molecule has 0 aromatic carbocycles. The van der Waals surface area contributed by atoms with Gasteiger partial charge in [-0.2, -0.15) is 0 Å². The molecule has 27 heavy (non-hydrogen) atoms. The molecule has 0 radical (unpaired) electrons. The van der Waals surface area contributed by atoms with Crippen LogP contribution in [0.1, 0.15) is 25.7 Å². The fourth-order valence-electron chi connectivity index (χ4n) is 4.27. The van der Waals surface area contributed by atoms with E-state index < -0.39 is 0 Å². The van der Waals surface area contributed by atoms with Crippen LogP contribution in [0.5, 0.6) is 0 Å². The number of hydrogen-bond donors (Lipinski definition) is 0. The normalized spacial score (nSPS) is 24.4. The third-order valence-corrected chi connectivity index (χ3v) is 7.96. The van der Waals surface area contributed by atoms with E-state index in [1.807, 2.05) is 23.5 Å². The van der Waals surface area contributed by atoms with Crippen LogP contribution in [0.15, 0.2) is 78.9 Å². The van der Waals surface area contributed by atoms with Crippen molar-refractivity contribution < 1.29 is 4.74 Å². The molecular formula is C23H25NOS2. The van der Waals surface area contributed by atoms with Crippen LogP contribution in [0.25, 0.3) is 0 Å². The van der Waals surface area contributed by atoms with E-state index in [-0.39, 0.29) is 0 Å². The van der Waals surface area contributed by atoms with Crippen LogP contribution in [0.3, 0.4) is 0 Å². The summed E-state index contributed by atoms with van der Waals surface area (Å²) in [5.41, 5.74) is 5.88. The smallest absolute Gasteiger partial charge is 0.0776 e. The summed E-state index contributed by atoms with van der Waals surface area (Å²) in [7, 11) is 0. The summed E-state index contributed by atoms with van der Waals surface area (Å²) in [5, 5.41) is 2.19. The molecular weight excluding hydrogens is 370 g/mol. The lowest BCUT2D eigenvalue weighted by Gasteiger charge is -2.21. The Balaban J connectivity index is 1.28. The summed E-state index contributed by atoms with van der Waals surface area (Å²) in [4.78, 5) is 6.81. The van der Waals surface area contributed by atoms with Crippen molar-refractivity contribution in [1.29, 1.82) is 0 Å².